The maximum absolute atomic E-state index is 12.3. The lowest BCUT2D eigenvalue weighted by molar-refractivity contribution is -0.194. The molecule has 0 aliphatic rings. The molecule has 0 aliphatic carbocycles. The molecule has 0 spiro atoms. The normalized spacial score (nSPS) is 14.4. The molecule has 0 bridgehead atoms. The van der Waals surface area contributed by atoms with Crippen molar-refractivity contribution in [1.82, 2.24) is 0 Å². The number of rotatable bonds is 2. The summed E-state index contributed by atoms with van der Waals surface area (Å²) in [6.07, 6.45) is -12.9. The van der Waals surface area contributed by atoms with Gasteiger partial charge in [0.15, 0.2) is 0 Å². The maximum atomic E-state index is 12.3. The molecule has 0 heterocycles. The zero-order valence-electron chi connectivity index (χ0n) is 8.47. The standard InChI is InChI=1S/C9H7F6NO2/c10-8(11,12)5-3-4(1-2-6(5)17)16-7(18)9(13,14)15/h1-3,7,16-18H. The van der Waals surface area contributed by atoms with Crippen LogP contribution < -0.4 is 5.32 Å². The fourth-order valence-corrected chi connectivity index (χ4v) is 1.09. The summed E-state index contributed by atoms with van der Waals surface area (Å²) >= 11 is 0. The number of hydrogen-bond donors (Lipinski definition) is 3. The highest BCUT2D eigenvalue weighted by Gasteiger charge is 2.39. The van der Waals surface area contributed by atoms with Gasteiger partial charge in [0.1, 0.15) is 5.75 Å². The Labute approximate surface area is 96.7 Å². The lowest BCUT2D eigenvalue weighted by Crippen LogP contribution is -2.35. The van der Waals surface area contributed by atoms with Gasteiger partial charge in [0.2, 0.25) is 6.23 Å². The first kappa shape index (κ1) is 14.4. The first-order valence-corrected chi connectivity index (χ1v) is 4.43. The molecular formula is C9H7F6NO2. The average Bonchev–Trinajstić information content (AvgIpc) is 2.17. The monoisotopic (exact) mass is 275 g/mol. The van der Waals surface area contributed by atoms with E-state index >= 15 is 0 Å². The van der Waals surface area contributed by atoms with E-state index in [0.717, 1.165) is 6.07 Å². The fourth-order valence-electron chi connectivity index (χ4n) is 1.09. The SMILES string of the molecule is Oc1ccc(NC(O)C(F)(F)F)cc1C(F)(F)F. The maximum Gasteiger partial charge on any atom is 0.433 e. The van der Waals surface area contributed by atoms with Crippen LogP contribution in [0.2, 0.25) is 0 Å². The van der Waals surface area contributed by atoms with Crippen molar-refractivity contribution in [3.8, 4) is 5.75 Å². The van der Waals surface area contributed by atoms with Crippen LogP contribution in [-0.2, 0) is 6.18 Å². The van der Waals surface area contributed by atoms with Gasteiger partial charge in [0.05, 0.1) is 5.56 Å². The van der Waals surface area contributed by atoms with Crippen LogP contribution in [0.25, 0.3) is 0 Å². The van der Waals surface area contributed by atoms with E-state index in [-0.39, 0.29) is 6.07 Å². The molecule has 0 aliphatic heterocycles. The number of aliphatic hydroxyl groups excluding tert-OH is 1. The third kappa shape index (κ3) is 3.42. The van der Waals surface area contributed by atoms with Gasteiger partial charge in [-0.1, -0.05) is 0 Å². The Morgan fingerprint density at radius 3 is 2.06 bits per heavy atom. The minimum absolute atomic E-state index is 0.268. The van der Waals surface area contributed by atoms with Crippen molar-refractivity contribution in [2.24, 2.45) is 0 Å². The third-order valence-electron chi connectivity index (χ3n) is 1.92. The molecule has 0 amide bonds. The van der Waals surface area contributed by atoms with Gasteiger partial charge < -0.3 is 15.5 Å². The molecule has 9 heteroatoms. The minimum Gasteiger partial charge on any atom is -0.507 e. The number of alkyl halides is 6. The second-order valence-corrected chi connectivity index (χ2v) is 3.32. The molecule has 3 nitrogen and oxygen atoms in total. The van der Waals surface area contributed by atoms with E-state index in [4.69, 9.17) is 10.2 Å². The summed E-state index contributed by atoms with van der Waals surface area (Å²) in [4.78, 5) is 0. The predicted octanol–water partition coefficient (Wildman–Crippen LogP) is 2.70. The summed E-state index contributed by atoms with van der Waals surface area (Å²) < 4.78 is 72.9. The zero-order chi connectivity index (χ0) is 14.1. The van der Waals surface area contributed by atoms with Gasteiger partial charge in [-0.3, -0.25) is 0 Å². The number of aromatic hydroxyl groups is 1. The lowest BCUT2D eigenvalue weighted by Gasteiger charge is -2.18. The van der Waals surface area contributed by atoms with E-state index in [1.54, 1.807) is 0 Å². The zero-order valence-corrected chi connectivity index (χ0v) is 8.47. The van der Waals surface area contributed by atoms with E-state index in [0.29, 0.717) is 6.07 Å². The Morgan fingerprint density at radius 1 is 1.06 bits per heavy atom. The van der Waals surface area contributed by atoms with Gasteiger partial charge in [0.25, 0.3) is 0 Å². The van der Waals surface area contributed by atoms with E-state index in [1.165, 1.54) is 5.32 Å². The largest absolute Gasteiger partial charge is 0.507 e. The molecule has 3 N–H and O–H groups in total. The third-order valence-corrected chi connectivity index (χ3v) is 1.92. The number of phenolic OH excluding ortho intramolecular Hbond substituents is 1. The van der Waals surface area contributed by atoms with Crippen LogP contribution in [0.4, 0.5) is 32.0 Å². The van der Waals surface area contributed by atoms with Crippen molar-refractivity contribution in [2.75, 3.05) is 5.32 Å². The van der Waals surface area contributed by atoms with Gasteiger partial charge in [-0.15, -0.1) is 0 Å². The van der Waals surface area contributed by atoms with Gasteiger partial charge >= 0.3 is 12.4 Å². The van der Waals surface area contributed by atoms with Crippen LogP contribution in [0.5, 0.6) is 5.75 Å². The van der Waals surface area contributed by atoms with Crippen LogP contribution in [-0.4, -0.2) is 22.6 Å². The molecule has 0 saturated heterocycles. The lowest BCUT2D eigenvalue weighted by atomic mass is 10.1. The summed E-state index contributed by atoms with van der Waals surface area (Å²) in [7, 11) is 0. The number of phenols is 1. The molecule has 0 aromatic heterocycles. The molecule has 0 fully saturated rings. The smallest absolute Gasteiger partial charge is 0.433 e. The van der Waals surface area contributed by atoms with E-state index < -0.39 is 35.6 Å². The van der Waals surface area contributed by atoms with E-state index in [2.05, 4.69) is 0 Å². The molecule has 1 rings (SSSR count). The number of anilines is 1. The van der Waals surface area contributed by atoms with Crippen molar-refractivity contribution in [3.63, 3.8) is 0 Å². The molecule has 1 atom stereocenters. The molecule has 1 aromatic rings. The second-order valence-electron chi connectivity index (χ2n) is 3.32. The van der Waals surface area contributed by atoms with Gasteiger partial charge in [-0.25, -0.2) is 0 Å². The molecule has 0 radical (unpaired) electrons. The number of benzene rings is 1. The minimum atomic E-state index is -5.02. The van der Waals surface area contributed by atoms with Gasteiger partial charge in [-0.2, -0.15) is 26.3 Å². The van der Waals surface area contributed by atoms with Crippen LogP contribution in [0.15, 0.2) is 18.2 Å². The van der Waals surface area contributed by atoms with Crippen molar-refractivity contribution in [1.29, 1.82) is 0 Å². The first-order valence-electron chi connectivity index (χ1n) is 4.43. The Hall–Kier alpha value is -1.64. The summed E-state index contributed by atoms with van der Waals surface area (Å²) in [6.45, 7) is 0. The topological polar surface area (TPSA) is 52.5 Å². The molecule has 0 saturated carbocycles. The van der Waals surface area contributed by atoms with Crippen LogP contribution in [0, 0.1) is 0 Å². The highest BCUT2D eigenvalue weighted by molar-refractivity contribution is 5.52. The number of nitrogens with one attached hydrogen (secondary N) is 1. The molecule has 1 aromatic carbocycles. The molecule has 18 heavy (non-hydrogen) atoms. The molecule has 1 unspecified atom stereocenters. The molecule has 102 valence electrons. The highest BCUT2D eigenvalue weighted by atomic mass is 19.4. The van der Waals surface area contributed by atoms with Crippen molar-refractivity contribution in [2.45, 2.75) is 18.6 Å². The Bertz CT molecular complexity index is 428. The quantitative estimate of drug-likeness (QED) is 0.442. The summed E-state index contributed by atoms with van der Waals surface area (Å²) in [6, 6.07) is 1.62. The van der Waals surface area contributed by atoms with Crippen LogP contribution >= 0.6 is 0 Å². The number of hydrogen-bond acceptors (Lipinski definition) is 3. The van der Waals surface area contributed by atoms with Gasteiger partial charge in [-0.05, 0) is 18.2 Å². The first-order chi connectivity index (χ1) is 8.01. The van der Waals surface area contributed by atoms with Crippen molar-refractivity contribution < 1.29 is 36.6 Å². The average molecular weight is 275 g/mol. The van der Waals surface area contributed by atoms with E-state index in [9.17, 15) is 26.3 Å². The van der Waals surface area contributed by atoms with Crippen molar-refractivity contribution in [3.05, 3.63) is 23.8 Å². The van der Waals surface area contributed by atoms with Crippen molar-refractivity contribution >= 4 is 5.69 Å². The van der Waals surface area contributed by atoms with Crippen LogP contribution in [0.1, 0.15) is 5.56 Å². The number of halogens is 6. The molecular weight excluding hydrogens is 268 g/mol. The van der Waals surface area contributed by atoms with Gasteiger partial charge in [0, 0.05) is 5.69 Å². The Balaban J connectivity index is 3.00. The Morgan fingerprint density at radius 2 is 1.61 bits per heavy atom. The summed E-state index contributed by atoms with van der Waals surface area (Å²) in [5, 5.41) is 19.0. The fraction of sp³-hybridized carbons (Fsp3) is 0.333. The Kier molecular flexibility index (Phi) is 3.65. The van der Waals surface area contributed by atoms with Crippen LogP contribution in [0.3, 0.4) is 0 Å². The second kappa shape index (κ2) is 4.56. The summed E-state index contributed by atoms with van der Waals surface area (Å²) in [5.41, 5.74) is -2.12. The number of aliphatic hydroxyl groups is 1. The summed E-state index contributed by atoms with van der Waals surface area (Å²) in [5.74, 6) is -1.12. The highest BCUT2D eigenvalue weighted by Crippen LogP contribution is 2.37. The van der Waals surface area contributed by atoms with E-state index in [1.807, 2.05) is 0 Å². The predicted molar refractivity (Wildman–Crippen MR) is 48.8 cm³/mol.